The lowest BCUT2D eigenvalue weighted by atomic mass is 9.76. The third-order valence-electron chi connectivity index (χ3n) is 9.13. The SMILES string of the molecule is CCOC(=O)C1C(C)=Nc2c(c(N3CCN(CC=Cc4ccccc4)CC3)nc(=O)n2CCN2CCOCC2)C1c1ccccc1. The molecule has 10 nitrogen and oxygen atoms in total. The molecule has 0 saturated carbocycles. The third-order valence-corrected chi connectivity index (χ3v) is 9.13. The Morgan fingerprint density at radius 2 is 1.63 bits per heavy atom. The number of hydrogen-bond acceptors (Lipinski definition) is 9. The van der Waals surface area contributed by atoms with Gasteiger partial charge in [0.25, 0.3) is 0 Å². The number of anilines is 1. The number of aliphatic imine (C=N–C) groups is 1. The lowest BCUT2D eigenvalue weighted by Crippen LogP contribution is -2.48. The number of carbonyl (C=O) groups excluding carboxylic acids is 1. The van der Waals surface area contributed by atoms with Crippen molar-refractivity contribution in [3.63, 3.8) is 0 Å². The van der Waals surface area contributed by atoms with E-state index in [-0.39, 0.29) is 18.3 Å². The summed E-state index contributed by atoms with van der Waals surface area (Å²) >= 11 is 0. The van der Waals surface area contributed by atoms with Crippen LogP contribution in [0.3, 0.4) is 0 Å². The molecule has 6 rings (SSSR count). The standard InChI is InChI=1S/C36H44N6O4/c1-3-46-35(43)30-27(2)37-34-32(31(30)29-14-8-5-9-15-29)33(38-36(44)42(34)22-19-40-23-25-45-26-24-40)41-20-17-39(18-21-41)16-10-13-28-11-6-4-7-12-28/h4-15,30-31H,3,16-26H2,1-2H3. The van der Waals surface area contributed by atoms with Gasteiger partial charge in [0.1, 0.15) is 17.6 Å². The summed E-state index contributed by atoms with van der Waals surface area (Å²) in [6.07, 6.45) is 4.36. The zero-order valence-electron chi connectivity index (χ0n) is 26.9. The van der Waals surface area contributed by atoms with E-state index in [1.807, 2.05) is 62.4 Å². The molecule has 46 heavy (non-hydrogen) atoms. The second kappa shape index (κ2) is 15.0. The molecule has 3 aliphatic rings. The fourth-order valence-corrected chi connectivity index (χ4v) is 6.70. The number of piperazine rings is 1. The number of nitrogens with zero attached hydrogens (tertiary/aromatic N) is 6. The van der Waals surface area contributed by atoms with E-state index in [0.29, 0.717) is 56.7 Å². The molecule has 0 amide bonds. The van der Waals surface area contributed by atoms with Crippen LogP contribution in [0.4, 0.5) is 11.6 Å². The van der Waals surface area contributed by atoms with Gasteiger partial charge >= 0.3 is 11.7 Å². The Balaban J connectivity index is 1.35. The molecule has 2 saturated heterocycles. The van der Waals surface area contributed by atoms with Gasteiger partial charge in [0.2, 0.25) is 0 Å². The number of aromatic nitrogens is 2. The maximum atomic E-state index is 13.8. The van der Waals surface area contributed by atoms with E-state index < -0.39 is 11.8 Å². The third kappa shape index (κ3) is 7.14. The van der Waals surface area contributed by atoms with Gasteiger partial charge in [0, 0.05) is 76.1 Å². The van der Waals surface area contributed by atoms with Gasteiger partial charge in [-0.3, -0.25) is 19.2 Å². The molecule has 3 aromatic rings. The topological polar surface area (TPSA) is 92.5 Å². The summed E-state index contributed by atoms with van der Waals surface area (Å²) in [5, 5.41) is 0. The predicted molar refractivity (Wildman–Crippen MR) is 181 cm³/mol. The van der Waals surface area contributed by atoms with Crippen LogP contribution >= 0.6 is 0 Å². The maximum Gasteiger partial charge on any atom is 0.351 e. The highest BCUT2D eigenvalue weighted by Crippen LogP contribution is 2.46. The molecule has 0 radical (unpaired) electrons. The molecule has 4 heterocycles. The minimum atomic E-state index is -0.620. The molecular weight excluding hydrogens is 580 g/mol. The van der Waals surface area contributed by atoms with Crippen molar-refractivity contribution in [2.24, 2.45) is 10.9 Å². The smallest absolute Gasteiger partial charge is 0.351 e. The van der Waals surface area contributed by atoms with E-state index in [1.54, 1.807) is 4.57 Å². The van der Waals surface area contributed by atoms with Crippen LogP contribution < -0.4 is 10.6 Å². The Bertz CT molecular complexity index is 1590. The first-order valence-electron chi connectivity index (χ1n) is 16.4. The number of fused-ring (bicyclic) bond motifs is 1. The van der Waals surface area contributed by atoms with E-state index in [0.717, 1.165) is 43.9 Å². The molecule has 3 aliphatic heterocycles. The quantitative estimate of drug-likeness (QED) is 0.315. The van der Waals surface area contributed by atoms with E-state index in [2.05, 4.69) is 39.0 Å². The van der Waals surface area contributed by atoms with Crippen LogP contribution in [0.5, 0.6) is 0 Å². The summed E-state index contributed by atoms with van der Waals surface area (Å²) in [6.45, 7) is 12.1. The van der Waals surface area contributed by atoms with Crippen molar-refractivity contribution < 1.29 is 14.3 Å². The molecule has 1 aromatic heterocycles. The summed E-state index contributed by atoms with van der Waals surface area (Å²) < 4.78 is 12.9. The summed E-state index contributed by atoms with van der Waals surface area (Å²) in [5.41, 5.74) is 3.32. The number of ether oxygens (including phenoxy) is 2. The number of carbonyl (C=O) groups is 1. The van der Waals surface area contributed by atoms with Gasteiger partial charge in [-0.05, 0) is 25.0 Å². The number of benzene rings is 2. The summed E-state index contributed by atoms with van der Waals surface area (Å²) in [5.74, 6) is -0.0949. The Morgan fingerprint density at radius 3 is 2.33 bits per heavy atom. The predicted octanol–water partition coefficient (Wildman–Crippen LogP) is 3.83. The Hall–Kier alpha value is -4.12. The summed E-state index contributed by atoms with van der Waals surface area (Å²) in [6, 6.07) is 20.4. The van der Waals surface area contributed by atoms with Gasteiger partial charge in [-0.2, -0.15) is 4.98 Å². The van der Waals surface area contributed by atoms with E-state index in [1.165, 1.54) is 5.56 Å². The molecule has 2 unspecified atom stereocenters. The second-order valence-electron chi connectivity index (χ2n) is 12.0. The van der Waals surface area contributed by atoms with Crippen molar-refractivity contribution in [1.29, 1.82) is 0 Å². The van der Waals surface area contributed by atoms with Crippen molar-refractivity contribution in [3.05, 3.63) is 93.9 Å². The maximum absolute atomic E-state index is 13.8. The largest absolute Gasteiger partial charge is 0.465 e. The minimum Gasteiger partial charge on any atom is -0.465 e. The average Bonchev–Trinajstić information content (AvgIpc) is 3.09. The number of esters is 1. The zero-order chi connectivity index (χ0) is 31.9. The molecule has 2 aromatic carbocycles. The lowest BCUT2D eigenvalue weighted by molar-refractivity contribution is -0.146. The van der Waals surface area contributed by atoms with Crippen LogP contribution in [0.2, 0.25) is 0 Å². The highest BCUT2D eigenvalue weighted by molar-refractivity contribution is 6.05. The Morgan fingerprint density at radius 1 is 0.935 bits per heavy atom. The summed E-state index contributed by atoms with van der Waals surface area (Å²) in [4.78, 5) is 44.1. The highest BCUT2D eigenvalue weighted by Gasteiger charge is 2.43. The molecule has 242 valence electrons. The second-order valence-corrected chi connectivity index (χ2v) is 12.0. The monoisotopic (exact) mass is 624 g/mol. The molecule has 2 fully saturated rings. The first kappa shape index (κ1) is 31.8. The van der Waals surface area contributed by atoms with Crippen LogP contribution in [0.15, 0.2) is 76.5 Å². The van der Waals surface area contributed by atoms with E-state index in [9.17, 15) is 9.59 Å². The lowest BCUT2D eigenvalue weighted by Gasteiger charge is -2.39. The molecule has 0 spiro atoms. The molecule has 0 bridgehead atoms. The number of hydrogen-bond donors (Lipinski definition) is 0. The normalized spacial score (nSPS) is 20.8. The fraction of sp³-hybridized carbons (Fsp3) is 0.444. The van der Waals surface area contributed by atoms with Crippen molar-refractivity contribution in [2.75, 3.05) is 77.1 Å². The van der Waals surface area contributed by atoms with Crippen LogP contribution in [0.25, 0.3) is 6.08 Å². The molecule has 2 atom stereocenters. The minimum absolute atomic E-state index is 0.280. The fourth-order valence-electron chi connectivity index (χ4n) is 6.70. The van der Waals surface area contributed by atoms with Crippen molar-refractivity contribution in [3.8, 4) is 0 Å². The van der Waals surface area contributed by atoms with Crippen LogP contribution in [-0.2, 0) is 20.8 Å². The molecule has 0 N–H and O–H groups in total. The zero-order valence-corrected chi connectivity index (χ0v) is 26.9. The van der Waals surface area contributed by atoms with Crippen LogP contribution in [0.1, 0.15) is 36.5 Å². The van der Waals surface area contributed by atoms with Gasteiger partial charge in [0.05, 0.1) is 19.8 Å². The van der Waals surface area contributed by atoms with E-state index in [4.69, 9.17) is 19.5 Å². The van der Waals surface area contributed by atoms with Gasteiger partial charge in [-0.15, -0.1) is 0 Å². The summed E-state index contributed by atoms with van der Waals surface area (Å²) in [7, 11) is 0. The molecular formula is C36H44N6O4. The Labute approximate surface area is 271 Å². The van der Waals surface area contributed by atoms with Crippen LogP contribution in [0, 0.1) is 5.92 Å². The Kier molecular flexibility index (Phi) is 10.4. The van der Waals surface area contributed by atoms with Gasteiger partial charge in [-0.1, -0.05) is 72.8 Å². The molecule has 0 aliphatic carbocycles. The van der Waals surface area contributed by atoms with Crippen molar-refractivity contribution in [1.82, 2.24) is 19.4 Å². The average molecular weight is 625 g/mol. The van der Waals surface area contributed by atoms with Gasteiger partial charge < -0.3 is 14.4 Å². The first-order chi connectivity index (χ1) is 22.5. The first-order valence-corrected chi connectivity index (χ1v) is 16.4. The van der Waals surface area contributed by atoms with E-state index >= 15 is 0 Å². The van der Waals surface area contributed by atoms with Crippen molar-refractivity contribution >= 4 is 29.4 Å². The number of morpholine rings is 1. The number of rotatable bonds is 10. The molecule has 10 heteroatoms. The van der Waals surface area contributed by atoms with Crippen molar-refractivity contribution in [2.45, 2.75) is 26.3 Å². The van der Waals surface area contributed by atoms with Crippen LogP contribution in [-0.4, -0.2) is 103 Å². The van der Waals surface area contributed by atoms with Gasteiger partial charge in [-0.25, -0.2) is 9.79 Å². The highest BCUT2D eigenvalue weighted by atomic mass is 16.5. The van der Waals surface area contributed by atoms with Gasteiger partial charge in [0.15, 0.2) is 0 Å².